The summed E-state index contributed by atoms with van der Waals surface area (Å²) in [7, 11) is 4.31. The van der Waals surface area contributed by atoms with Gasteiger partial charge in [-0.15, -0.1) is 16.8 Å². The van der Waals surface area contributed by atoms with Crippen LogP contribution < -0.4 is 20.1 Å². The van der Waals surface area contributed by atoms with E-state index in [0.717, 1.165) is 0 Å². The van der Waals surface area contributed by atoms with Crippen molar-refractivity contribution in [2.75, 3.05) is 32.4 Å². The number of anilines is 1. The van der Waals surface area contributed by atoms with Crippen molar-refractivity contribution in [3.63, 3.8) is 0 Å². The summed E-state index contributed by atoms with van der Waals surface area (Å²) in [5, 5.41) is 14.4. The normalized spacial score (nSPS) is 10.4. The number of esters is 1. The summed E-state index contributed by atoms with van der Waals surface area (Å²) < 4.78 is 16.9. The van der Waals surface area contributed by atoms with Crippen LogP contribution in [0.15, 0.2) is 60.3 Å². The number of rotatable bonds is 12. The zero-order valence-corrected chi connectivity index (χ0v) is 21.5. The second-order valence-electron chi connectivity index (χ2n) is 7.46. The van der Waals surface area contributed by atoms with Gasteiger partial charge in [0.25, 0.3) is 5.91 Å². The van der Waals surface area contributed by atoms with Gasteiger partial charge in [0.15, 0.2) is 22.5 Å². The number of allylic oxidation sites excluding steroid dienone is 1. The summed E-state index contributed by atoms with van der Waals surface area (Å²) in [6.45, 7) is 4.26. The van der Waals surface area contributed by atoms with E-state index in [0.29, 0.717) is 45.8 Å². The van der Waals surface area contributed by atoms with Gasteiger partial charge in [-0.25, -0.2) is 4.79 Å². The highest BCUT2D eigenvalue weighted by Gasteiger charge is 2.16. The molecule has 3 rings (SSSR count). The lowest BCUT2D eigenvalue weighted by molar-refractivity contribution is -0.113. The van der Waals surface area contributed by atoms with Crippen LogP contribution in [0.4, 0.5) is 5.69 Å². The molecule has 2 amide bonds. The number of nitrogens with zero attached hydrogens (tertiary/aromatic N) is 3. The molecule has 0 fully saturated rings. The van der Waals surface area contributed by atoms with Gasteiger partial charge in [0.1, 0.15) is 0 Å². The summed E-state index contributed by atoms with van der Waals surface area (Å²) in [4.78, 5) is 36.8. The van der Waals surface area contributed by atoms with Crippen molar-refractivity contribution in [2.24, 2.45) is 0 Å². The Hall–Kier alpha value is -4.32. The average molecular weight is 526 g/mol. The molecule has 1 aromatic heterocycles. The van der Waals surface area contributed by atoms with Crippen LogP contribution in [0.2, 0.25) is 0 Å². The Bertz CT molecular complexity index is 1290. The molecule has 0 bridgehead atoms. The number of methoxy groups -OCH3 is 3. The molecule has 12 heteroatoms. The van der Waals surface area contributed by atoms with Crippen LogP contribution in [0.3, 0.4) is 0 Å². The van der Waals surface area contributed by atoms with E-state index in [1.807, 2.05) is 0 Å². The molecule has 3 aromatic rings. The van der Waals surface area contributed by atoms with Crippen LogP contribution in [0.1, 0.15) is 26.5 Å². The molecular weight excluding hydrogens is 498 g/mol. The van der Waals surface area contributed by atoms with E-state index in [9.17, 15) is 14.4 Å². The first-order valence-electron chi connectivity index (χ1n) is 11.0. The van der Waals surface area contributed by atoms with Crippen molar-refractivity contribution >= 4 is 35.2 Å². The second kappa shape index (κ2) is 13.1. The second-order valence-corrected chi connectivity index (χ2v) is 8.40. The van der Waals surface area contributed by atoms with E-state index in [1.54, 1.807) is 47.0 Å². The molecule has 1 heterocycles. The SMILES string of the molecule is C=CCn1c(CNC(=O)c2ccc(OC)c(OC)c2)nnc1SCC(=O)Nc1cccc(C(=O)OC)c1. The highest BCUT2D eigenvalue weighted by atomic mass is 32.2. The molecule has 0 aliphatic rings. The van der Waals surface area contributed by atoms with Crippen molar-refractivity contribution in [3.05, 3.63) is 72.1 Å². The molecule has 0 unspecified atom stereocenters. The Labute approximate surface area is 218 Å². The number of carbonyl (C=O) groups is 3. The molecular formula is C25H27N5O6S. The van der Waals surface area contributed by atoms with Gasteiger partial charge < -0.3 is 29.4 Å². The highest BCUT2D eigenvalue weighted by molar-refractivity contribution is 7.99. The topological polar surface area (TPSA) is 134 Å². The van der Waals surface area contributed by atoms with Gasteiger partial charge in [0, 0.05) is 17.8 Å². The van der Waals surface area contributed by atoms with Gasteiger partial charge in [0.05, 0.1) is 39.2 Å². The molecule has 2 aromatic carbocycles. The molecule has 37 heavy (non-hydrogen) atoms. The van der Waals surface area contributed by atoms with Crippen molar-refractivity contribution in [3.8, 4) is 11.5 Å². The smallest absolute Gasteiger partial charge is 0.337 e. The molecule has 0 saturated heterocycles. The molecule has 0 aliphatic heterocycles. The van der Waals surface area contributed by atoms with Crippen molar-refractivity contribution in [2.45, 2.75) is 18.2 Å². The number of thioether (sulfide) groups is 1. The molecule has 11 nitrogen and oxygen atoms in total. The molecule has 0 spiro atoms. The summed E-state index contributed by atoms with van der Waals surface area (Å²) in [6, 6.07) is 11.3. The minimum atomic E-state index is -0.492. The quantitative estimate of drug-likeness (QED) is 0.208. The fraction of sp³-hybridized carbons (Fsp3) is 0.240. The van der Waals surface area contributed by atoms with Crippen LogP contribution in [0.5, 0.6) is 11.5 Å². The van der Waals surface area contributed by atoms with Crippen LogP contribution in [0.25, 0.3) is 0 Å². The predicted octanol–water partition coefficient (Wildman–Crippen LogP) is 2.93. The van der Waals surface area contributed by atoms with Crippen molar-refractivity contribution in [1.82, 2.24) is 20.1 Å². The number of aromatic nitrogens is 3. The lowest BCUT2D eigenvalue weighted by Gasteiger charge is -2.11. The highest BCUT2D eigenvalue weighted by Crippen LogP contribution is 2.27. The van der Waals surface area contributed by atoms with Crippen molar-refractivity contribution < 1.29 is 28.6 Å². The summed E-state index contributed by atoms with van der Waals surface area (Å²) in [6.07, 6.45) is 1.67. The first-order valence-corrected chi connectivity index (χ1v) is 12.0. The molecule has 0 aliphatic carbocycles. The Balaban J connectivity index is 1.62. The number of hydrogen-bond donors (Lipinski definition) is 2. The van der Waals surface area contributed by atoms with Crippen molar-refractivity contribution in [1.29, 1.82) is 0 Å². The molecule has 0 saturated carbocycles. The lowest BCUT2D eigenvalue weighted by atomic mass is 10.2. The van der Waals surface area contributed by atoms with E-state index in [4.69, 9.17) is 14.2 Å². The van der Waals surface area contributed by atoms with Crippen LogP contribution in [-0.4, -0.2) is 59.6 Å². The standard InChI is InChI=1S/C25H27N5O6S/c1-5-11-30-21(14-26-23(32)16-9-10-19(34-2)20(13-16)35-3)28-29-25(30)37-15-22(31)27-18-8-6-7-17(12-18)24(33)36-4/h5-10,12-13H,1,11,14-15H2,2-4H3,(H,26,32)(H,27,31). The number of benzene rings is 2. The maximum Gasteiger partial charge on any atom is 0.337 e. The zero-order valence-electron chi connectivity index (χ0n) is 20.6. The van der Waals surface area contributed by atoms with Gasteiger partial charge in [-0.1, -0.05) is 23.9 Å². The molecule has 2 N–H and O–H groups in total. The predicted molar refractivity (Wildman–Crippen MR) is 138 cm³/mol. The van der Waals surface area contributed by atoms with Gasteiger partial charge in [-0.3, -0.25) is 9.59 Å². The van der Waals surface area contributed by atoms with E-state index >= 15 is 0 Å². The fourth-order valence-corrected chi connectivity index (χ4v) is 4.04. The first-order chi connectivity index (χ1) is 17.9. The number of nitrogens with one attached hydrogen (secondary N) is 2. The summed E-state index contributed by atoms with van der Waals surface area (Å²) >= 11 is 1.18. The van der Waals surface area contributed by atoms with Gasteiger partial charge in [-0.2, -0.15) is 0 Å². The van der Waals surface area contributed by atoms with Gasteiger partial charge >= 0.3 is 5.97 Å². The Morgan fingerprint density at radius 2 is 1.81 bits per heavy atom. The van der Waals surface area contributed by atoms with Gasteiger partial charge in [-0.05, 0) is 36.4 Å². The number of carbonyl (C=O) groups excluding carboxylic acids is 3. The zero-order chi connectivity index (χ0) is 26.8. The van der Waals surface area contributed by atoms with Crippen LogP contribution >= 0.6 is 11.8 Å². The third kappa shape index (κ3) is 7.10. The lowest BCUT2D eigenvalue weighted by Crippen LogP contribution is -2.25. The van der Waals surface area contributed by atoms with Crippen LogP contribution in [0, 0.1) is 0 Å². The largest absolute Gasteiger partial charge is 0.493 e. The number of amides is 2. The van der Waals surface area contributed by atoms with Crippen LogP contribution in [-0.2, 0) is 22.6 Å². The summed E-state index contributed by atoms with van der Waals surface area (Å²) in [5.41, 5.74) is 1.20. The third-order valence-electron chi connectivity index (χ3n) is 5.06. The monoisotopic (exact) mass is 525 g/mol. The first kappa shape index (κ1) is 27.3. The molecule has 0 atom stereocenters. The van der Waals surface area contributed by atoms with E-state index < -0.39 is 5.97 Å². The number of hydrogen-bond acceptors (Lipinski definition) is 9. The van der Waals surface area contributed by atoms with E-state index in [-0.39, 0.29) is 24.1 Å². The number of ether oxygens (including phenoxy) is 3. The Morgan fingerprint density at radius 1 is 1.03 bits per heavy atom. The molecule has 0 radical (unpaired) electrons. The average Bonchev–Trinajstić information content (AvgIpc) is 3.31. The maximum atomic E-state index is 12.7. The van der Waals surface area contributed by atoms with E-state index in [1.165, 1.54) is 39.2 Å². The Morgan fingerprint density at radius 3 is 2.51 bits per heavy atom. The molecule has 194 valence electrons. The third-order valence-corrected chi connectivity index (χ3v) is 6.02. The minimum Gasteiger partial charge on any atom is -0.493 e. The van der Waals surface area contributed by atoms with Gasteiger partial charge in [0.2, 0.25) is 5.91 Å². The minimum absolute atomic E-state index is 0.0513. The fourth-order valence-electron chi connectivity index (χ4n) is 3.28. The maximum absolute atomic E-state index is 12.7. The Kier molecular flexibility index (Phi) is 9.67. The summed E-state index contributed by atoms with van der Waals surface area (Å²) in [5.74, 6) is 0.414. The van der Waals surface area contributed by atoms with E-state index in [2.05, 4.69) is 27.4 Å².